The molecule has 0 spiro atoms. The molecular weight excluding hydrogens is 478 g/mol. The Balaban J connectivity index is 1.29. The van der Waals surface area contributed by atoms with E-state index in [1.165, 1.54) is 53.6 Å². The van der Waals surface area contributed by atoms with Gasteiger partial charge in [0.1, 0.15) is 0 Å². The van der Waals surface area contributed by atoms with Crippen molar-refractivity contribution < 1.29 is 0 Å². The third-order valence-electron chi connectivity index (χ3n) is 7.06. The molecule has 0 radical (unpaired) electrons. The highest BCUT2D eigenvalue weighted by atomic mass is 32.1. The SMILES string of the molecule is c1ccc(-c2ccc(-c3ccccc3)c(Nc3cccc(-c4ccc5sc6ccccc6c5c4)c3)c2)cc1. The maximum absolute atomic E-state index is 3.76. The average molecular weight is 504 g/mol. The number of fused-ring (bicyclic) bond motifs is 3. The number of rotatable bonds is 5. The van der Waals surface area contributed by atoms with Crippen molar-refractivity contribution in [1.29, 1.82) is 0 Å². The first-order valence-corrected chi connectivity index (χ1v) is 13.7. The first kappa shape index (κ1) is 22.5. The van der Waals surface area contributed by atoms with Crippen molar-refractivity contribution in [1.82, 2.24) is 0 Å². The van der Waals surface area contributed by atoms with Crippen LogP contribution in [0.4, 0.5) is 11.4 Å². The Morgan fingerprint density at radius 1 is 0.395 bits per heavy atom. The van der Waals surface area contributed by atoms with Gasteiger partial charge in [-0.2, -0.15) is 0 Å². The number of benzene rings is 6. The summed E-state index contributed by atoms with van der Waals surface area (Å²) in [5.74, 6) is 0. The van der Waals surface area contributed by atoms with Gasteiger partial charge in [-0.1, -0.05) is 109 Å². The Labute approximate surface area is 226 Å². The molecule has 180 valence electrons. The van der Waals surface area contributed by atoms with Gasteiger partial charge in [0.15, 0.2) is 0 Å². The van der Waals surface area contributed by atoms with Gasteiger partial charge in [0.05, 0.1) is 0 Å². The van der Waals surface area contributed by atoms with Crippen LogP contribution in [0.25, 0.3) is 53.6 Å². The van der Waals surface area contributed by atoms with Crippen molar-refractivity contribution in [2.45, 2.75) is 0 Å². The quantitative estimate of drug-likeness (QED) is 0.246. The molecule has 0 amide bonds. The van der Waals surface area contributed by atoms with Crippen LogP contribution in [-0.4, -0.2) is 0 Å². The van der Waals surface area contributed by atoms with Gasteiger partial charge in [-0.25, -0.2) is 0 Å². The standard InChI is InChI=1S/C36H25NS/c1-3-10-25(11-4-1)29-18-20-31(26-12-5-2-6-13-26)34(24-29)37-30-15-9-14-27(22-30)28-19-21-36-33(23-28)32-16-7-8-17-35(32)38-36/h1-24,37H. The van der Waals surface area contributed by atoms with Crippen molar-refractivity contribution in [3.63, 3.8) is 0 Å². The van der Waals surface area contributed by atoms with Gasteiger partial charge < -0.3 is 5.32 Å². The summed E-state index contributed by atoms with van der Waals surface area (Å²) in [5.41, 5.74) is 9.37. The molecule has 0 fully saturated rings. The van der Waals surface area contributed by atoms with E-state index < -0.39 is 0 Å². The first-order chi connectivity index (χ1) is 18.8. The minimum absolute atomic E-state index is 1.07. The van der Waals surface area contributed by atoms with Gasteiger partial charge in [0, 0.05) is 37.1 Å². The molecule has 0 aliphatic rings. The molecule has 6 aromatic carbocycles. The lowest BCUT2D eigenvalue weighted by Gasteiger charge is -2.16. The molecule has 0 aliphatic carbocycles. The molecular formula is C36H25NS. The van der Waals surface area contributed by atoms with Crippen molar-refractivity contribution in [3.8, 4) is 33.4 Å². The van der Waals surface area contributed by atoms with Crippen LogP contribution in [0.5, 0.6) is 0 Å². The summed E-state index contributed by atoms with van der Waals surface area (Å²) in [6, 6.07) is 52.0. The first-order valence-electron chi connectivity index (χ1n) is 12.9. The van der Waals surface area contributed by atoms with E-state index >= 15 is 0 Å². The Morgan fingerprint density at radius 3 is 1.87 bits per heavy atom. The molecule has 38 heavy (non-hydrogen) atoms. The third kappa shape index (κ3) is 4.26. The molecule has 0 aliphatic heterocycles. The third-order valence-corrected chi connectivity index (χ3v) is 8.21. The maximum atomic E-state index is 3.76. The molecule has 1 nitrogen and oxygen atoms in total. The molecule has 7 aromatic rings. The minimum atomic E-state index is 1.07. The van der Waals surface area contributed by atoms with Gasteiger partial charge in [-0.3, -0.25) is 0 Å². The van der Waals surface area contributed by atoms with E-state index in [-0.39, 0.29) is 0 Å². The van der Waals surface area contributed by atoms with Crippen LogP contribution in [-0.2, 0) is 0 Å². The number of anilines is 2. The fourth-order valence-corrected chi connectivity index (χ4v) is 6.25. The average Bonchev–Trinajstić information content (AvgIpc) is 3.36. The van der Waals surface area contributed by atoms with Crippen LogP contribution in [0.3, 0.4) is 0 Å². The minimum Gasteiger partial charge on any atom is -0.355 e. The summed E-state index contributed by atoms with van der Waals surface area (Å²) in [5, 5.41) is 6.41. The summed E-state index contributed by atoms with van der Waals surface area (Å²) in [7, 11) is 0. The summed E-state index contributed by atoms with van der Waals surface area (Å²) in [6.07, 6.45) is 0. The van der Waals surface area contributed by atoms with E-state index in [0.717, 1.165) is 11.4 Å². The highest BCUT2D eigenvalue weighted by Crippen LogP contribution is 2.38. The zero-order valence-corrected chi connectivity index (χ0v) is 21.6. The molecule has 1 heterocycles. The van der Waals surface area contributed by atoms with Gasteiger partial charge in [-0.05, 0) is 64.2 Å². The number of thiophene rings is 1. The Hall–Kier alpha value is -4.66. The molecule has 7 rings (SSSR count). The van der Waals surface area contributed by atoms with Crippen LogP contribution in [0, 0.1) is 0 Å². The van der Waals surface area contributed by atoms with E-state index in [0.29, 0.717) is 0 Å². The van der Waals surface area contributed by atoms with E-state index in [9.17, 15) is 0 Å². The molecule has 0 unspecified atom stereocenters. The molecule has 2 heteroatoms. The van der Waals surface area contributed by atoms with Crippen LogP contribution in [0.15, 0.2) is 146 Å². The zero-order chi connectivity index (χ0) is 25.3. The summed E-state index contributed by atoms with van der Waals surface area (Å²) in [6.45, 7) is 0. The molecule has 1 N–H and O–H groups in total. The summed E-state index contributed by atoms with van der Waals surface area (Å²) < 4.78 is 2.66. The highest BCUT2D eigenvalue weighted by Gasteiger charge is 2.10. The fraction of sp³-hybridized carbons (Fsp3) is 0. The highest BCUT2D eigenvalue weighted by molar-refractivity contribution is 7.25. The lowest BCUT2D eigenvalue weighted by molar-refractivity contribution is 1.52. The second-order valence-electron chi connectivity index (χ2n) is 9.51. The second kappa shape index (κ2) is 9.66. The Morgan fingerprint density at radius 2 is 1.03 bits per heavy atom. The van der Waals surface area contributed by atoms with Gasteiger partial charge in [0.25, 0.3) is 0 Å². The van der Waals surface area contributed by atoms with E-state index in [2.05, 4.69) is 151 Å². The predicted octanol–water partition coefficient (Wildman–Crippen LogP) is 10.8. The predicted molar refractivity (Wildman–Crippen MR) is 165 cm³/mol. The maximum Gasteiger partial charge on any atom is 0.0470 e. The van der Waals surface area contributed by atoms with Crippen LogP contribution in [0.1, 0.15) is 0 Å². The van der Waals surface area contributed by atoms with Gasteiger partial charge >= 0.3 is 0 Å². The van der Waals surface area contributed by atoms with E-state index in [1.807, 2.05) is 11.3 Å². The number of hydrogen-bond acceptors (Lipinski definition) is 2. The molecule has 0 saturated heterocycles. The van der Waals surface area contributed by atoms with Crippen LogP contribution < -0.4 is 5.32 Å². The summed E-state index contributed by atoms with van der Waals surface area (Å²) in [4.78, 5) is 0. The Kier molecular flexibility index (Phi) is 5.73. The van der Waals surface area contributed by atoms with Gasteiger partial charge in [0.2, 0.25) is 0 Å². The number of hydrogen-bond donors (Lipinski definition) is 1. The van der Waals surface area contributed by atoms with Crippen molar-refractivity contribution in [2.24, 2.45) is 0 Å². The topological polar surface area (TPSA) is 12.0 Å². The Bertz CT molecular complexity index is 1880. The monoisotopic (exact) mass is 503 g/mol. The molecule has 0 atom stereocenters. The van der Waals surface area contributed by atoms with Crippen molar-refractivity contribution in [2.75, 3.05) is 5.32 Å². The number of nitrogens with one attached hydrogen (secondary N) is 1. The van der Waals surface area contributed by atoms with Gasteiger partial charge in [-0.15, -0.1) is 11.3 Å². The van der Waals surface area contributed by atoms with E-state index in [4.69, 9.17) is 0 Å². The largest absolute Gasteiger partial charge is 0.355 e. The smallest absolute Gasteiger partial charge is 0.0470 e. The fourth-order valence-electron chi connectivity index (χ4n) is 5.16. The summed E-state index contributed by atoms with van der Waals surface area (Å²) >= 11 is 1.86. The zero-order valence-electron chi connectivity index (χ0n) is 20.8. The van der Waals surface area contributed by atoms with Crippen molar-refractivity contribution >= 4 is 42.9 Å². The normalized spacial score (nSPS) is 11.2. The second-order valence-corrected chi connectivity index (χ2v) is 10.6. The lowest BCUT2D eigenvalue weighted by atomic mass is 9.97. The lowest BCUT2D eigenvalue weighted by Crippen LogP contribution is -1.95. The van der Waals surface area contributed by atoms with Crippen molar-refractivity contribution in [3.05, 3.63) is 146 Å². The van der Waals surface area contributed by atoms with Crippen LogP contribution >= 0.6 is 11.3 Å². The van der Waals surface area contributed by atoms with Crippen LogP contribution in [0.2, 0.25) is 0 Å². The molecule has 0 saturated carbocycles. The van der Waals surface area contributed by atoms with E-state index in [1.54, 1.807) is 0 Å². The molecule has 0 bridgehead atoms. The molecule has 1 aromatic heterocycles.